The van der Waals surface area contributed by atoms with Gasteiger partial charge in [0.2, 0.25) is 0 Å². The summed E-state index contributed by atoms with van der Waals surface area (Å²) in [5.41, 5.74) is 5.89. The molecule has 0 spiro atoms. The van der Waals surface area contributed by atoms with E-state index in [9.17, 15) is 4.39 Å². The van der Waals surface area contributed by atoms with Gasteiger partial charge in [0, 0.05) is 38.5 Å². The molecule has 4 aromatic rings. The van der Waals surface area contributed by atoms with Crippen molar-refractivity contribution in [2.24, 2.45) is 7.05 Å². The third kappa shape index (κ3) is 3.78. The lowest BCUT2D eigenvalue weighted by atomic mass is 9.87. The lowest BCUT2D eigenvalue weighted by molar-refractivity contribution is -0.0671. The van der Waals surface area contributed by atoms with Crippen LogP contribution in [0.15, 0.2) is 24.3 Å². The molecule has 1 N–H and O–H groups in total. The van der Waals surface area contributed by atoms with E-state index in [0.29, 0.717) is 29.0 Å². The van der Waals surface area contributed by atoms with E-state index in [-0.39, 0.29) is 5.82 Å². The second kappa shape index (κ2) is 8.56. The monoisotopic (exact) mass is 463 g/mol. The van der Waals surface area contributed by atoms with Gasteiger partial charge >= 0.3 is 0 Å². The van der Waals surface area contributed by atoms with Crippen molar-refractivity contribution in [2.75, 3.05) is 20.2 Å². The second-order valence-corrected chi connectivity index (χ2v) is 9.17. The number of hydrogen-bond donors (Lipinski definition) is 1. The normalized spacial score (nSPS) is 16.4. The molecule has 9 heteroatoms. The van der Waals surface area contributed by atoms with Crippen molar-refractivity contribution >= 4 is 10.9 Å². The van der Waals surface area contributed by atoms with E-state index in [2.05, 4.69) is 43.2 Å². The first-order valence-corrected chi connectivity index (χ1v) is 11.6. The van der Waals surface area contributed by atoms with Gasteiger partial charge in [-0.05, 0) is 51.8 Å². The molecule has 178 valence electrons. The zero-order valence-electron chi connectivity index (χ0n) is 20.3. The smallest absolute Gasteiger partial charge is 0.143 e. The van der Waals surface area contributed by atoms with E-state index in [1.807, 2.05) is 31.6 Å². The lowest BCUT2D eigenvalue weighted by Gasteiger charge is -2.39. The quantitative estimate of drug-likeness (QED) is 0.482. The molecule has 3 aromatic heterocycles. The maximum absolute atomic E-state index is 14.2. The van der Waals surface area contributed by atoms with Crippen LogP contribution in [0.25, 0.3) is 22.2 Å². The van der Waals surface area contributed by atoms with Crippen molar-refractivity contribution in [2.45, 2.75) is 45.8 Å². The van der Waals surface area contributed by atoms with E-state index in [1.165, 1.54) is 6.07 Å². The molecular weight excluding hydrogens is 433 g/mol. The fraction of sp³-hybridized carbons (Fsp3) is 0.440. The van der Waals surface area contributed by atoms with Crippen LogP contribution in [-0.4, -0.2) is 55.0 Å². The highest BCUT2D eigenvalue weighted by molar-refractivity contribution is 5.81. The molecule has 1 saturated heterocycles. The van der Waals surface area contributed by atoms with Crippen LogP contribution in [0.2, 0.25) is 0 Å². The number of nitrogens with zero attached hydrogens (tertiary/aromatic N) is 6. The summed E-state index contributed by atoms with van der Waals surface area (Å²) in [5, 5.41) is 12.9. The molecule has 0 unspecified atom stereocenters. The summed E-state index contributed by atoms with van der Waals surface area (Å²) < 4.78 is 22.1. The summed E-state index contributed by atoms with van der Waals surface area (Å²) >= 11 is 0. The highest BCUT2D eigenvalue weighted by Crippen LogP contribution is 2.37. The van der Waals surface area contributed by atoms with E-state index < -0.39 is 5.60 Å². The number of fused-ring (bicyclic) bond motifs is 1. The minimum Gasteiger partial charge on any atom is -0.372 e. The third-order valence-electron chi connectivity index (χ3n) is 7.15. The molecule has 1 aliphatic rings. The average molecular weight is 464 g/mol. The zero-order chi connectivity index (χ0) is 24.0. The molecule has 0 bridgehead atoms. The second-order valence-electron chi connectivity index (χ2n) is 9.17. The van der Waals surface area contributed by atoms with Crippen LogP contribution in [0, 0.1) is 26.6 Å². The number of nitrogens with one attached hydrogen (secondary N) is 1. The highest BCUT2D eigenvalue weighted by atomic mass is 19.1. The minimum absolute atomic E-state index is 0.278. The summed E-state index contributed by atoms with van der Waals surface area (Å²) in [5.74, 6) is 0.437. The Morgan fingerprint density at radius 2 is 1.88 bits per heavy atom. The van der Waals surface area contributed by atoms with Crippen molar-refractivity contribution in [3.8, 4) is 11.3 Å². The van der Waals surface area contributed by atoms with E-state index in [0.717, 1.165) is 54.3 Å². The van der Waals surface area contributed by atoms with Gasteiger partial charge in [-0.2, -0.15) is 10.2 Å². The SMILES string of the molecule is COC1(c2cc(-c3c(C)nn(C)c3C)n[nH]2)CCN(Cc2nc(C)c3c(F)cccc3n2)CC1. The fourth-order valence-corrected chi connectivity index (χ4v) is 5.13. The molecule has 1 aromatic carbocycles. The topological polar surface area (TPSA) is 84.8 Å². The summed E-state index contributed by atoms with van der Waals surface area (Å²) in [4.78, 5) is 11.5. The third-order valence-corrected chi connectivity index (χ3v) is 7.15. The number of rotatable bonds is 5. The number of likely N-dealkylation sites (tertiary alicyclic amines) is 1. The van der Waals surface area contributed by atoms with Gasteiger partial charge in [-0.3, -0.25) is 14.7 Å². The molecule has 1 aliphatic heterocycles. The van der Waals surface area contributed by atoms with Crippen LogP contribution in [0.1, 0.15) is 41.4 Å². The molecule has 0 radical (unpaired) electrons. The largest absolute Gasteiger partial charge is 0.372 e. The lowest BCUT2D eigenvalue weighted by Crippen LogP contribution is -2.43. The molecule has 0 atom stereocenters. The number of H-pyrrole nitrogens is 1. The molecule has 0 amide bonds. The van der Waals surface area contributed by atoms with Crippen molar-refractivity contribution in [1.82, 2.24) is 34.8 Å². The Kier molecular flexibility index (Phi) is 5.69. The number of hydrogen-bond acceptors (Lipinski definition) is 6. The van der Waals surface area contributed by atoms with Gasteiger partial charge in [-0.1, -0.05) is 6.07 Å². The highest BCUT2D eigenvalue weighted by Gasteiger charge is 2.38. The molecular formula is C25H30FN7O. The minimum atomic E-state index is -0.422. The Balaban J connectivity index is 1.33. The number of methoxy groups -OCH3 is 1. The fourth-order valence-electron chi connectivity index (χ4n) is 5.13. The van der Waals surface area contributed by atoms with Crippen LogP contribution >= 0.6 is 0 Å². The van der Waals surface area contributed by atoms with Gasteiger partial charge < -0.3 is 4.74 Å². The Hall–Kier alpha value is -3.17. The van der Waals surface area contributed by atoms with E-state index in [4.69, 9.17) is 4.74 Å². The number of aromatic amines is 1. The molecule has 34 heavy (non-hydrogen) atoms. The summed E-state index contributed by atoms with van der Waals surface area (Å²) in [6.45, 7) is 8.18. The van der Waals surface area contributed by atoms with Crippen LogP contribution in [0.3, 0.4) is 0 Å². The van der Waals surface area contributed by atoms with Gasteiger partial charge in [0.15, 0.2) is 0 Å². The van der Waals surface area contributed by atoms with Crippen molar-refractivity contribution in [1.29, 1.82) is 0 Å². The van der Waals surface area contributed by atoms with Crippen LogP contribution in [0.5, 0.6) is 0 Å². The predicted molar refractivity (Wildman–Crippen MR) is 128 cm³/mol. The Bertz CT molecular complexity index is 1350. The molecule has 5 rings (SSSR count). The molecule has 4 heterocycles. The number of aryl methyl sites for hydroxylation is 3. The summed E-state index contributed by atoms with van der Waals surface area (Å²) in [7, 11) is 3.71. The molecule has 8 nitrogen and oxygen atoms in total. The van der Waals surface area contributed by atoms with E-state index in [1.54, 1.807) is 13.2 Å². The van der Waals surface area contributed by atoms with Gasteiger partial charge in [0.25, 0.3) is 0 Å². The molecule has 1 fully saturated rings. The first-order chi connectivity index (χ1) is 16.3. The van der Waals surface area contributed by atoms with Gasteiger partial charge in [0.05, 0.1) is 40.2 Å². The maximum atomic E-state index is 14.2. The average Bonchev–Trinajstić information content (AvgIpc) is 3.38. The number of aromatic nitrogens is 6. The molecule has 0 saturated carbocycles. The summed E-state index contributed by atoms with van der Waals surface area (Å²) in [6.07, 6.45) is 1.63. The van der Waals surface area contributed by atoms with Gasteiger partial charge in [-0.15, -0.1) is 0 Å². The Morgan fingerprint density at radius 1 is 1.12 bits per heavy atom. The maximum Gasteiger partial charge on any atom is 0.143 e. The number of halogens is 1. The summed E-state index contributed by atoms with van der Waals surface area (Å²) in [6, 6.07) is 7.07. The number of ether oxygens (including phenoxy) is 1. The standard InChI is InChI=1S/C25H30FN7O/c1-15-24-18(26)7-6-8-19(24)28-22(27-15)14-33-11-9-25(34-5,10-12-33)21-13-20(29-30-21)23-16(2)31-32(4)17(23)3/h6-8,13H,9-12,14H2,1-5H3,(H,29,30). The first-order valence-electron chi connectivity index (χ1n) is 11.6. The Labute approximate surface area is 198 Å². The van der Waals surface area contributed by atoms with Crippen molar-refractivity contribution < 1.29 is 9.13 Å². The van der Waals surface area contributed by atoms with Crippen LogP contribution < -0.4 is 0 Å². The van der Waals surface area contributed by atoms with Gasteiger partial charge in [-0.25, -0.2) is 14.4 Å². The van der Waals surface area contributed by atoms with Crippen molar-refractivity contribution in [3.63, 3.8) is 0 Å². The van der Waals surface area contributed by atoms with Crippen LogP contribution in [0.4, 0.5) is 4.39 Å². The molecule has 0 aliphatic carbocycles. The zero-order valence-corrected chi connectivity index (χ0v) is 20.3. The van der Waals surface area contributed by atoms with Gasteiger partial charge in [0.1, 0.15) is 17.2 Å². The number of piperidine rings is 1. The first kappa shape index (κ1) is 22.6. The van der Waals surface area contributed by atoms with Crippen molar-refractivity contribution in [3.05, 3.63) is 58.7 Å². The predicted octanol–water partition coefficient (Wildman–Crippen LogP) is 3.96. The number of benzene rings is 1. The van der Waals surface area contributed by atoms with E-state index >= 15 is 0 Å². The Morgan fingerprint density at radius 3 is 2.56 bits per heavy atom. The van der Waals surface area contributed by atoms with Crippen LogP contribution in [-0.2, 0) is 23.9 Å².